The summed E-state index contributed by atoms with van der Waals surface area (Å²) in [7, 11) is 0. The molecule has 112 valence electrons. The van der Waals surface area contributed by atoms with Crippen molar-refractivity contribution < 1.29 is 9.59 Å². The monoisotopic (exact) mass is 278 g/mol. The van der Waals surface area contributed by atoms with Crippen molar-refractivity contribution in [2.24, 2.45) is 17.1 Å². The van der Waals surface area contributed by atoms with Gasteiger partial charge in [-0.1, -0.05) is 25.7 Å². The summed E-state index contributed by atoms with van der Waals surface area (Å²) in [6, 6.07) is 0.0764. The van der Waals surface area contributed by atoms with E-state index in [1.54, 1.807) is 4.90 Å². The zero-order valence-corrected chi connectivity index (χ0v) is 12.3. The average molecular weight is 278 g/mol. The maximum absolute atomic E-state index is 12.6. The molecule has 3 aliphatic rings. The van der Waals surface area contributed by atoms with Crippen molar-refractivity contribution >= 4 is 11.8 Å². The number of rotatable bonds is 2. The summed E-state index contributed by atoms with van der Waals surface area (Å²) >= 11 is 0. The van der Waals surface area contributed by atoms with E-state index >= 15 is 0 Å². The molecule has 3 fully saturated rings. The molecule has 2 unspecified atom stereocenters. The van der Waals surface area contributed by atoms with Crippen molar-refractivity contribution in [2.75, 3.05) is 6.54 Å². The summed E-state index contributed by atoms with van der Waals surface area (Å²) in [5, 5.41) is 0. The highest BCUT2D eigenvalue weighted by Gasteiger charge is 2.48. The summed E-state index contributed by atoms with van der Waals surface area (Å²) in [6.07, 6.45) is 9.95. The second-order valence-electron chi connectivity index (χ2n) is 7.07. The van der Waals surface area contributed by atoms with Gasteiger partial charge < -0.3 is 5.73 Å². The van der Waals surface area contributed by atoms with E-state index in [1.807, 2.05) is 0 Å². The number of carbonyl (C=O) groups is 2. The van der Waals surface area contributed by atoms with Crippen LogP contribution in [0.15, 0.2) is 0 Å². The van der Waals surface area contributed by atoms with Crippen LogP contribution < -0.4 is 5.73 Å². The fourth-order valence-electron chi connectivity index (χ4n) is 4.66. The lowest BCUT2D eigenvalue weighted by molar-refractivity contribution is -0.158. The molecule has 1 saturated heterocycles. The van der Waals surface area contributed by atoms with E-state index < -0.39 is 0 Å². The molecule has 0 aromatic heterocycles. The highest BCUT2D eigenvalue weighted by Crippen LogP contribution is 2.48. The van der Waals surface area contributed by atoms with Crippen molar-refractivity contribution in [2.45, 2.75) is 70.3 Å². The Bertz CT molecular complexity index is 381. The van der Waals surface area contributed by atoms with Gasteiger partial charge in [0.05, 0.1) is 0 Å². The zero-order chi connectivity index (χ0) is 14.2. The standard InChI is InChI=1S/C16H26N2O2/c17-11-12-5-1-2-6-13(12)18-14(19)9-16(10-15(18)20)7-3-4-8-16/h12-13H,1-11,17H2. The number of nitrogens with zero attached hydrogens (tertiary/aromatic N) is 1. The third kappa shape index (κ3) is 2.39. The Kier molecular flexibility index (Phi) is 3.85. The minimum atomic E-state index is 0.0115. The van der Waals surface area contributed by atoms with Crippen LogP contribution in [0.4, 0.5) is 0 Å². The molecule has 1 heterocycles. The maximum atomic E-state index is 12.6. The number of amides is 2. The number of carbonyl (C=O) groups excluding carboxylic acids is 2. The Labute approximate surface area is 121 Å². The van der Waals surface area contributed by atoms with E-state index in [0.717, 1.165) is 32.1 Å². The molecule has 2 atom stereocenters. The minimum absolute atomic E-state index is 0.0115. The summed E-state index contributed by atoms with van der Waals surface area (Å²) < 4.78 is 0. The molecule has 4 nitrogen and oxygen atoms in total. The fraction of sp³-hybridized carbons (Fsp3) is 0.875. The van der Waals surface area contributed by atoms with Crippen molar-refractivity contribution in [1.82, 2.24) is 4.90 Å². The summed E-state index contributed by atoms with van der Waals surface area (Å²) in [4.78, 5) is 26.8. The van der Waals surface area contributed by atoms with Crippen LogP contribution in [-0.4, -0.2) is 29.3 Å². The molecule has 0 aromatic carbocycles. The number of hydrogen-bond acceptors (Lipinski definition) is 3. The van der Waals surface area contributed by atoms with Crippen LogP contribution in [0, 0.1) is 11.3 Å². The fourth-order valence-corrected chi connectivity index (χ4v) is 4.66. The Hall–Kier alpha value is -0.900. The van der Waals surface area contributed by atoms with Gasteiger partial charge in [0.2, 0.25) is 11.8 Å². The van der Waals surface area contributed by atoms with Crippen molar-refractivity contribution in [3.05, 3.63) is 0 Å². The molecule has 0 bridgehead atoms. The van der Waals surface area contributed by atoms with Gasteiger partial charge in [-0.3, -0.25) is 14.5 Å². The molecular formula is C16H26N2O2. The van der Waals surface area contributed by atoms with Crippen LogP contribution in [0.25, 0.3) is 0 Å². The molecular weight excluding hydrogens is 252 g/mol. The molecule has 1 aliphatic heterocycles. The van der Waals surface area contributed by atoms with Crippen molar-refractivity contribution in [3.8, 4) is 0 Å². The summed E-state index contributed by atoms with van der Waals surface area (Å²) in [5.74, 6) is 0.469. The average Bonchev–Trinajstić information content (AvgIpc) is 2.86. The molecule has 2 saturated carbocycles. The van der Waals surface area contributed by atoms with Crippen LogP contribution in [-0.2, 0) is 9.59 Å². The summed E-state index contributed by atoms with van der Waals surface area (Å²) in [5.41, 5.74) is 5.87. The largest absolute Gasteiger partial charge is 0.330 e. The van der Waals surface area contributed by atoms with E-state index in [2.05, 4.69) is 0 Å². The first-order valence-electron chi connectivity index (χ1n) is 8.20. The molecule has 4 heteroatoms. The predicted molar refractivity (Wildman–Crippen MR) is 76.8 cm³/mol. The number of nitrogens with two attached hydrogens (primary N) is 1. The first-order chi connectivity index (χ1) is 9.65. The summed E-state index contributed by atoms with van der Waals surface area (Å²) in [6.45, 7) is 0.590. The van der Waals surface area contributed by atoms with Gasteiger partial charge in [0, 0.05) is 18.9 Å². The van der Waals surface area contributed by atoms with Gasteiger partial charge in [-0.05, 0) is 43.6 Å². The normalized spacial score (nSPS) is 34.0. The maximum Gasteiger partial charge on any atom is 0.230 e. The lowest BCUT2D eigenvalue weighted by Gasteiger charge is -2.44. The van der Waals surface area contributed by atoms with Gasteiger partial charge >= 0.3 is 0 Å². The SMILES string of the molecule is NCC1CCCCC1N1C(=O)CC2(CCCC2)CC1=O. The van der Waals surface area contributed by atoms with Crippen molar-refractivity contribution in [1.29, 1.82) is 0 Å². The topological polar surface area (TPSA) is 63.4 Å². The number of imide groups is 1. The van der Waals surface area contributed by atoms with E-state index in [1.165, 1.54) is 19.3 Å². The first-order valence-corrected chi connectivity index (χ1v) is 8.20. The smallest absolute Gasteiger partial charge is 0.230 e. The Balaban J connectivity index is 1.77. The molecule has 0 radical (unpaired) electrons. The van der Waals surface area contributed by atoms with E-state index in [9.17, 15) is 9.59 Å². The van der Waals surface area contributed by atoms with E-state index in [4.69, 9.17) is 5.73 Å². The highest BCUT2D eigenvalue weighted by atomic mass is 16.2. The second-order valence-corrected chi connectivity index (χ2v) is 7.07. The third-order valence-electron chi connectivity index (χ3n) is 5.76. The van der Waals surface area contributed by atoms with Crippen LogP contribution >= 0.6 is 0 Å². The Morgan fingerprint density at radius 3 is 2.20 bits per heavy atom. The third-order valence-corrected chi connectivity index (χ3v) is 5.76. The van der Waals surface area contributed by atoms with Gasteiger partial charge in [0.15, 0.2) is 0 Å². The second kappa shape index (κ2) is 5.47. The quantitative estimate of drug-likeness (QED) is 0.788. The van der Waals surface area contributed by atoms with Crippen LogP contribution in [0.5, 0.6) is 0 Å². The lowest BCUT2D eigenvalue weighted by atomic mass is 9.74. The minimum Gasteiger partial charge on any atom is -0.330 e. The van der Waals surface area contributed by atoms with Gasteiger partial charge in [0.25, 0.3) is 0 Å². The van der Waals surface area contributed by atoms with Crippen LogP contribution in [0.2, 0.25) is 0 Å². The van der Waals surface area contributed by atoms with E-state index in [0.29, 0.717) is 25.3 Å². The van der Waals surface area contributed by atoms with Gasteiger partial charge in [0.1, 0.15) is 0 Å². The molecule has 0 aromatic rings. The lowest BCUT2D eigenvalue weighted by Crippen LogP contribution is -2.55. The zero-order valence-electron chi connectivity index (χ0n) is 12.3. The number of hydrogen-bond donors (Lipinski definition) is 1. The molecule has 3 rings (SSSR count). The van der Waals surface area contributed by atoms with Crippen LogP contribution in [0.3, 0.4) is 0 Å². The first kappa shape index (κ1) is 14.1. The highest BCUT2D eigenvalue weighted by molar-refractivity contribution is 5.99. The van der Waals surface area contributed by atoms with E-state index in [-0.39, 0.29) is 23.3 Å². The van der Waals surface area contributed by atoms with Crippen LogP contribution in [0.1, 0.15) is 64.2 Å². The number of piperidine rings is 1. The molecule has 2 aliphatic carbocycles. The van der Waals surface area contributed by atoms with Crippen molar-refractivity contribution in [3.63, 3.8) is 0 Å². The van der Waals surface area contributed by atoms with Gasteiger partial charge in [-0.15, -0.1) is 0 Å². The predicted octanol–water partition coefficient (Wildman–Crippen LogP) is 2.21. The van der Waals surface area contributed by atoms with Gasteiger partial charge in [-0.25, -0.2) is 0 Å². The Morgan fingerprint density at radius 1 is 1.00 bits per heavy atom. The number of likely N-dealkylation sites (tertiary alicyclic amines) is 1. The van der Waals surface area contributed by atoms with Gasteiger partial charge in [-0.2, -0.15) is 0 Å². The molecule has 2 N–H and O–H groups in total. The molecule has 2 amide bonds. The molecule has 20 heavy (non-hydrogen) atoms. The Morgan fingerprint density at radius 2 is 1.60 bits per heavy atom. The molecule has 1 spiro atoms.